The van der Waals surface area contributed by atoms with Gasteiger partial charge in [-0.25, -0.2) is 0 Å². The number of hydrogen-bond acceptors (Lipinski definition) is 1. The Hall–Kier alpha value is -0.820. The first-order valence-corrected chi connectivity index (χ1v) is 8.51. The van der Waals surface area contributed by atoms with Crippen molar-refractivity contribution in [2.75, 3.05) is 13.1 Å². The number of benzene rings is 1. The third-order valence-corrected chi connectivity index (χ3v) is 6.75. The second kappa shape index (κ2) is 4.59. The maximum atomic E-state index is 2.84. The van der Waals surface area contributed by atoms with Gasteiger partial charge < -0.3 is 0 Å². The molecule has 1 aromatic rings. The molecular weight excluding hydrogens is 242 g/mol. The second-order valence-electron chi connectivity index (χ2n) is 7.68. The molecule has 1 aliphatic heterocycles. The molecule has 0 N–H and O–H groups in total. The van der Waals surface area contributed by atoms with Gasteiger partial charge in [0.25, 0.3) is 0 Å². The number of hydrogen-bond donors (Lipinski definition) is 0. The minimum absolute atomic E-state index is 0.412. The van der Waals surface area contributed by atoms with Crippen LogP contribution >= 0.6 is 0 Å². The molecule has 1 nitrogen and oxygen atoms in total. The van der Waals surface area contributed by atoms with Gasteiger partial charge in [0, 0.05) is 12.6 Å². The van der Waals surface area contributed by atoms with Crippen molar-refractivity contribution in [3.8, 4) is 0 Å². The van der Waals surface area contributed by atoms with Crippen molar-refractivity contribution in [1.82, 2.24) is 4.90 Å². The molecule has 108 valence electrons. The van der Waals surface area contributed by atoms with Gasteiger partial charge in [0.15, 0.2) is 0 Å². The average Bonchev–Trinajstić information content (AvgIpc) is 2.40. The van der Waals surface area contributed by atoms with Crippen molar-refractivity contribution in [2.24, 2.45) is 11.8 Å². The topological polar surface area (TPSA) is 3.24 Å². The van der Waals surface area contributed by atoms with Crippen LogP contribution in [0.5, 0.6) is 0 Å². The Bertz CT molecular complexity index is 504. The molecule has 0 aromatic heterocycles. The Morgan fingerprint density at radius 2 is 2.05 bits per heavy atom. The van der Waals surface area contributed by atoms with E-state index in [4.69, 9.17) is 0 Å². The zero-order valence-corrected chi connectivity index (χ0v) is 12.9. The Morgan fingerprint density at radius 1 is 1.25 bits per heavy atom. The molecule has 2 aliphatic carbocycles. The number of fused-ring (bicyclic) bond motifs is 4. The van der Waals surface area contributed by atoms with Gasteiger partial charge in [0.1, 0.15) is 0 Å². The molecule has 0 spiro atoms. The molecule has 3 aliphatic rings. The summed E-state index contributed by atoms with van der Waals surface area (Å²) in [6, 6.07) is 10.0. The van der Waals surface area contributed by atoms with Crippen molar-refractivity contribution in [2.45, 2.75) is 57.4 Å². The van der Waals surface area contributed by atoms with E-state index in [9.17, 15) is 0 Å². The van der Waals surface area contributed by atoms with Crippen LogP contribution in [0.4, 0.5) is 0 Å². The first-order valence-electron chi connectivity index (χ1n) is 8.51. The summed E-state index contributed by atoms with van der Waals surface area (Å²) in [5, 5.41) is 0. The van der Waals surface area contributed by atoms with Crippen LogP contribution in [0.2, 0.25) is 0 Å². The molecule has 0 unspecified atom stereocenters. The number of likely N-dealkylation sites (tertiary alicyclic amines) is 1. The highest BCUT2D eigenvalue weighted by Gasteiger charge is 2.48. The lowest BCUT2D eigenvalue weighted by atomic mass is 9.59. The molecule has 3 atom stereocenters. The van der Waals surface area contributed by atoms with Crippen molar-refractivity contribution in [3.05, 3.63) is 35.4 Å². The van der Waals surface area contributed by atoms with E-state index >= 15 is 0 Å². The maximum absolute atomic E-state index is 2.84. The number of rotatable bonds is 2. The largest absolute Gasteiger partial charge is 0.299 e. The van der Waals surface area contributed by atoms with E-state index in [0.717, 1.165) is 17.9 Å². The van der Waals surface area contributed by atoms with Crippen molar-refractivity contribution < 1.29 is 0 Å². The predicted octanol–water partition coefficient (Wildman–Crippen LogP) is 4.01. The number of piperidine rings is 1. The SMILES string of the molecule is C[C@@H]1[C@H]2Cc3ccccc3[C@]1(C)CCN2CC1CCC1. The van der Waals surface area contributed by atoms with Gasteiger partial charge >= 0.3 is 0 Å². The van der Waals surface area contributed by atoms with Gasteiger partial charge in [0.2, 0.25) is 0 Å². The van der Waals surface area contributed by atoms with E-state index in [1.54, 1.807) is 11.1 Å². The van der Waals surface area contributed by atoms with Crippen LogP contribution in [-0.4, -0.2) is 24.0 Å². The Morgan fingerprint density at radius 3 is 2.80 bits per heavy atom. The molecule has 1 aromatic carbocycles. The first kappa shape index (κ1) is 12.9. The predicted molar refractivity (Wildman–Crippen MR) is 84.0 cm³/mol. The first-order chi connectivity index (χ1) is 9.68. The zero-order chi connectivity index (χ0) is 13.7. The van der Waals surface area contributed by atoms with Crippen molar-refractivity contribution in [1.29, 1.82) is 0 Å². The molecule has 1 heterocycles. The quantitative estimate of drug-likeness (QED) is 0.784. The number of nitrogens with zero attached hydrogens (tertiary/aromatic N) is 1. The van der Waals surface area contributed by atoms with E-state index < -0.39 is 0 Å². The summed E-state index contributed by atoms with van der Waals surface area (Å²) >= 11 is 0. The summed E-state index contributed by atoms with van der Waals surface area (Å²) in [5.41, 5.74) is 3.68. The lowest BCUT2D eigenvalue weighted by Crippen LogP contribution is -2.58. The highest BCUT2D eigenvalue weighted by atomic mass is 15.2. The molecule has 2 fully saturated rings. The smallest absolute Gasteiger partial charge is 0.0170 e. The maximum Gasteiger partial charge on any atom is 0.0170 e. The van der Waals surface area contributed by atoms with Crippen LogP contribution in [-0.2, 0) is 11.8 Å². The average molecular weight is 269 g/mol. The molecule has 2 bridgehead atoms. The normalized spacial score (nSPS) is 37.3. The summed E-state index contributed by atoms with van der Waals surface area (Å²) in [5.74, 6) is 1.80. The fraction of sp³-hybridized carbons (Fsp3) is 0.684. The molecule has 20 heavy (non-hydrogen) atoms. The molecule has 1 saturated carbocycles. The van der Waals surface area contributed by atoms with Gasteiger partial charge in [-0.05, 0) is 60.6 Å². The molecule has 0 radical (unpaired) electrons. The van der Waals surface area contributed by atoms with E-state index in [1.165, 1.54) is 45.2 Å². The molecule has 1 heteroatoms. The van der Waals surface area contributed by atoms with Gasteiger partial charge in [-0.1, -0.05) is 44.5 Å². The van der Waals surface area contributed by atoms with Gasteiger partial charge in [-0.3, -0.25) is 4.90 Å². The second-order valence-corrected chi connectivity index (χ2v) is 7.68. The van der Waals surface area contributed by atoms with Gasteiger partial charge in [-0.15, -0.1) is 0 Å². The van der Waals surface area contributed by atoms with Crippen LogP contribution < -0.4 is 0 Å². The summed E-state index contributed by atoms with van der Waals surface area (Å²) in [4.78, 5) is 2.84. The van der Waals surface area contributed by atoms with E-state index in [1.807, 2.05) is 0 Å². The van der Waals surface area contributed by atoms with Gasteiger partial charge in [-0.2, -0.15) is 0 Å². The molecule has 0 amide bonds. The van der Waals surface area contributed by atoms with E-state index in [0.29, 0.717) is 5.41 Å². The highest BCUT2D eigenvalue weighted by molar-refractivity contribution is 5.39. The fourth-order valence-corrected chi connectivity index (χ4v) is 4.91. The lowest BCUT2D eigenvalue weighted by Gasteiger charge is -2.55. The van der Waals surface area contributed by atoms with Crippen molar-refractivity contribution in [3.63, 3.8) is 0 Å². The monoisotopic (exact) mass is 269 g/mol. The summed E-state index contributed by atoms with van der Waals surface area (Å²) in [6.45, 7) is 7.71. The van der Waals surface area contributed by atoms with Crippen LogP contribution in [0, 0.1) is 11.8 Å². The van der Waals surface area contributed by atoms with Crippen LogP contribution in [0.1, 0.15) is 50.7 Å². The van der Waals surface area contributed by atoms with Crippen LogP contribution in [0.3, 0.4) is 0 Å². The Kier molecular flexibility index (Phi) is 2.96. The van der Waals surface area contributed by atoms with Crippen molar-refractivity contribution >= 4 is 0 Å². The highest BCUT2D eigenvalue weighted by Crippen LogP contribution is 2.48. The minimum atomic E-state index is 0.412. The zero-order valence-electron chi connectivity index (χ0n) is 12.9. The molecule has 4 rings (SSSR count). The lowest BCUT2D eigenvalue weighted by molar-refractivity contribution is 0.0123. The van der Waals surface area contributed by atoms with Crippen LogP contribution in [0.25, 0.3) is 0 Å². The van der Waals surface area contributed by atoms with Gasteiger partial charge in [0.05, 0.1) is 0 Å². The summed E-state index contributed by atoms with van der Waals surface area (Å²) in [7, 11) is 0. The Labute approximate surface area is 123 Å². The van der Waals surface area contributed by atoms with Crippen LogP contribution in [0.15, 0.2) is 24.3 Å². The summed E-state index contributed by atoms with van der Waals surface area (Å²) < 4.78 is 0. The minimum Gasteiger partial charge on any atom is -0.299 e. The molecule has 1 saturated heterocycles. The summed E-state index contributed by atoms with van der Waals surface area (Å²) in [6.07, 6.45) is 7.05. The van der Waals surface area contributed by atoms with E-state index in [2.05, 4.69) is 43.0 Å². The fourth-order valence-electron chi connectivity index (χ4n) is 4.91. The third-order valence-electron chi connectivity index (χ3n) is 6.75. The third kappa shape index (κ3) is 1.79. The molecular formula is C19H27N. The van der Waals surface area contributed by atoms with E-state index in [-0.39, 0.29) is 0 Å². The standard InChI is InChI=1S/C19H27N/c1-14-18-12-16-8-3-4-9-17(16)19(14,2)10-11-20(18)13-15-6-5-7-15/h3-4,8-9,14-15,18H,5-7,10-13H2,1-2H3/t14-,18-,19-/m1/s1. The Balaban J connectivity index is 1.65.